The molecule has 0 aromatic heterocycles. The summed E-state index contributed by atoms with van der Waals surface area (Å²) in [6.07, 6.45) is -23.5. The van der Waals surface area contributed by atoms with E-state index < -0.39 is 118 Å². The van der Waals surface area contributed by atoms with Crippen molar-refractivity contribution in [1.82, 2.24) is 5.32 Å². The molecular formula is C20H35NO16. The van der Waals surface area contributed by atoms with E-state index in [1.165, 1.54) is 0 Å². The summed E-state index contributed by atoms with van der Waals surface area (Å²) in [6, 6.07) is -1.47. The summed E-state index contributed by atoms with van der Waals surface area (Å²) in [5.74, 6) is -0.677. The Labute approximate surface area is 210 Å². The van der Waals surface area contributed by atoms with Gasteiger partial charge in [0.1, 0.15) is 73.2 Å². The maximum atomic E-state index is 11.9. The quantitative estimate of drug-likeness (QED) is 0.135. The molecule has 0 spiro atoms. The third kappa shape index (κ3) is 6.38. The SMILES string of the molecule is CC(=O)N[C@@H]1[C@@H](O[C@H]2O[C@H](CO)[C@@H](O)[C@H](O)[C@@H]2O)[C@H](O[C@H]2O[C@H](CO)[C@@H](O)[C@H](O)[C@@H]2O)[C@@H](CO)O[C@H]1O. The van der Waals surface area contributed by atoms with Crippen molar-refractivity contribution in [2.45, 2.75) is 99.0 Å². The number of amides is 1. The average Bonchev–Trinajstić information content (AvgIpc) is 2.87. The first-order valence-corrected chi connectivity index (χ1v) is 11.6. The van der Waals surface area contributed by atoms with E-state index in [-0.39, 0.29) is 0 Å². The molecule has 0 bridgehead atoms. The molecule has 0 unspecified atom stereocenters. The van der Waals surface area contributed by atoms with Crippen LogP contribution in [0.2, 0.25) is 0 Å². The molecule has 17 nitrogen and oxygen atoms in total. The fraction of sp³-hybridized carbons (Fsp3) is 0.950. The Morgan fingerprint density at radius 2 is 1.08 bits per heavy atom. The van der Waals surface area contributed by atoms with Crippen molar-refractivity contribution in [2.75, 3.05) is 19.8 Å². The van der Waals surface area contributed by atoms with Crippen LogP contribution < -0.4 is 5.32 Å². The third-order valence-electron chi connectivity index (χ3n) is 6.49. The van der Waals surface area contributed by atoms with Crippen LogP contribution in [0.4, 0.5) is 0 Å². The van der Waals surface area contributed by atoms with Gasteiger partial charge in [-0.15, -0.1) is 0 Å². The molecule has 3 aliphatic heterocycles. The van der Waals surface area contributed by atoms with Crippen LogP contribution in [0.3, 0.4) is 0 Å². The van der Waals surface area contributed by atoms with E-state index in [1.807, 2.05) is 0 Å². The first-order chi connectivity index (χ1) is 17.4. The van der Waals surface area contributed by atoms with Gasteiger partial charge in [-0.2, -0.15) is 0 Å². The van der Waals surface area contributed by atoms with Gasteiger partial charge in [-0.05, 0) is 0 Å². The first kappa shape index (κ1) is 30.4. The van der Waals surface area contributed by atoms with Gasteiger partial charge in [0.05, 0.1) is 19.8 Å². The minimum absolute atomic E-state index is 0.677. The number of aliphatic hydroxyl groups excluding tert-OH is 10. The van der Waals surface area contributed by atoms with Crippen LogP contribution in [0.1, 0.15) is 6.92 Å². The zero-order valence-electron chi connectivity index (χ0n) is 19.7. The second-order valence-corrected chi connectivity index (χ2v) is 9.07. The van der Waals surface area contributed by atoms with Crippen molar-refractivity contribution in [3.8, 4) is 0 Å². The van der Waals surface area contributed by atoms with Crippen molar-refractivity contribution in [3.05, 3.63) is 0 Å². The largest absolute Gasteiger partial charge is 0.394 e. The number of carbonyl (C=O) groups is 1. The number of ether oxygens (including phenoxy) is 5. The van der Waals surface area contributed by atoms with Gasteiger partial charge in [0, 0.05) is 6.92 Å². The lowest BCUT2D eigenvalue weighted by atomic mass is 9.94. The minimum atomic E-state index is -1.89. The molecule has 3 saturated heterocycles. The van der Waals surface area contributed by atoms with Crippen LogP contribution in [-0.2, 0) is 28.5 Å². The zero-order chi connectivity index (χ0) is 27.6. The molecule has 3 fully saturated rings. The Morgan fingerprint density at radius 1 is 0.649 bits per heavy atom. The predicted molar refractivity (Wildman–Crippen MR) is 113 cm³/mol. The van der Waals surface area contributed by atoms with Crippen LogP contribution in [-0.4, -0.2) is 169 Å². The summed E-state index contributed by atoms with van der Waals surface area (Å²) in [5, 5.41) is 103. The molecule has 37 heavy (non-hydrogen) atoms. The summed E-state index contributed by atoms with van der Waals surface area (Å²) in [4.78, 5) is 11.9. The summed E-state index contributed by atoms with van der Waals surface area (Å²) < 4.78 is 27.5. The van der Waals surface area contributed by atoms with Crippen LogP contribution in [0.25, 0.3) is 0 Å². The van der Waals surface area contributed by atoms with Gasteiger partial charge in [-0.1, -0.05) is 0 Å². The van der Waals surface area contributed by atoms with Gasteiger partial charge in [-0.25, -0.2) is 0 Å². The lowest BCUT2D eigenvalue weighted by molar-refractivity contribution is -0.372. The van der Waals surface area contributed by atoms with Crippen molar-refractivity contribution in [3.63, 3.8) is 0 Å². The molecule has 3 rings (SSSR count). The van der Waals surface area contributed by atoms with Crippen LogP contribution in [0, 0.1) is 0 Å². The Bertz CT molecular complexity index is 743. The summed E-state index contributed by atoms with van der Waals surface area (Å²) in [7, 11) is 0. The fourth-order valence-electron chi connectivity index (χ4n) is 4.45. The molecule has 3 heterocycles. The van der Waals surface area contributed by atoms with Crippen LogP contribution >= 0.6 is 0 Å². The van der Waals surface area contributed by atoms with E-state index >= 15 is 0 Å². The summed E-state index contributed by atoms with van der Waals surface area (Å²) in [6.45, 7) is -1.27. The molecule has 0 radical (unpaired) electrons. The second kappa shape index (κ2) is 12.8. The van der Waals surface area contributed by atoms with E-state index in [1.54, 1.807) is 0 Å². The highest BCUT2D eigenvalue weighted by Gasteiger charge is 2.54. The molecule has 1 amide bonds. The van der Waals surface area contributed by atoms with E-state index in [4.69, 9.17) is 23.7 Å². The number of hydrogen-bond acceptors (Lipinski definition) is 16. The Balaban J connectivity index is 1.93. The highest BCUT2D eigenvalue weighted by Crippen LogP contribution is 2.32. The normalized spacial score (nSPS) is 49.0. The van der Waals surface area contributed by atoms with Gasteiger partial charge in [0.15, 0.2) is 18.9 Å². The predicted octanol–water partition coefficient (Wildman–Crippen LogP) is -7.43. The van der Waals surface area contributed by atoms with Crippen molar-refractivity contribution >= 4 is 5.91 Å². The Hall–Kier alpha value is -1.13. The monoisotopic (exact) mass is 545 g/mol. The molecule has 0 aromatic carbocycles. The third-order valence-corrected chi connectivity index (χ3v) is 6.49. The molecule has 11 N–H and O–H groups in total. The average molecular weight is 545 g/mol. The van der Waals surface area contributed by atoms with Crippen molar-refractivity contribution in [1.29, 1.82) is 0 Å². The van der Waals surface area contributed by atoms with E-state index in [0.717, 1.165) is 6.92 Å². The number of carbonyl (C=O) groups excluding carboxylic acids is 1. The molecule has 15 atom stereocenters. The van der Waals surface area contributed by atoms with Crippen LogP contribution in [0.5, 0.6) is 0 Å². The summed E-state index contributed by atoms with van der Waals surface area (Å²) >= 11 is 0. The van der Waals surface area contributed by atoms with Gasteiger partial charge in [0.25, 0.3) is 0 Å². The number of hydrogen-bond donors (Lipinski definition) is 11. The maximum absolute atomic E-state index is 11.9. The molecular weight excluding hydrogens is 510 g/mol. The Morgan fingerprint density at radius 3 is 1.49 bits per heavy atom. The van der Waals surface area contributed by atoms with Gasteiger partial charge in [0.2, 0.25) is 5.91 Å². The standard InChI is InChI=1S/C20H35NO16/c1-5(25)21-9-17(37-20-15(31)13(29)11(27)7(3-23)35-20)16(8(4-24)33-18(9)32)36-19-14(30)12(28)10(26)6(2-22)34-19/h6-20,22-24,26-32H,2-4H2,1H3,(H,21,25)/t6-,7-,8-,9-,10-,11-,12+,13+,14+,15+,16-,17-,18-,19-,20-/m1/s1. The van der Waals surface area contributed by atoms with E-state index in [2.05, 4.69) is 5.32 Å². The molecule has 0 aliphatic carbocycles. The minimum Gasteiger partial charge on any atom is -0.394 e. The van der Waals surface area contributed by atoms with Gasteiger partial charge < -0.3 is 80.1 Å². The molecule has 3 aliphatic rings. The van der Waals surface area contributed by atoms with E-state index in [0.29, 0.717) is 0 Å². The topological polar surface area (TPSA) is 278 Å². The Kier molecular flexibility index (Phi) is 10.5. The van der Waals surface area contributed by atoms with Crippen LogP contribution in [0.15, 0.2) is 0 Å². The smallest absolute Gasteiger partial charge is 0.217 e. The van der Waals surface area contributed by atoms with Crippen molar-refractivity contribution in [2.24, 2.45) is 0 Å². The number of rotatable bonds is 8. The highest BCUT2D eigenvalue weighted by atomic mass is 16.7. The van der Waals surface area contributed by atoms with Crippen molar-refractivity contribution < 1.29 is 79.5 Å². The zero-order valence-corrected chi connectivity index (χ0v) is 19.7. The highest BCUT2D eigenvalue weighted by molar-refractivity contribution is 5.73. The maximum Gasteiger partial charge on any atom is 0.217 e. The molecule has 17 heteroatoms. The summed E-state index contributed by atoms with van der Waals surface area (Å²) in [5.41, 5.74) is 0. The lowest BCUT2D eigenvalue weighted by Crippen LogP contribution is -2.69. The molecule has 0 saturated carbocycles. The molecule has 216 valence electrons. The van der Waals surface area contributed by atoms with Gasteiger partial charge in [-0.3, -0.25) is 4.79 Å². The fourth-order valence-corrected chi connectivity index (χ4v) is 4.45. The number of nitrogens with one attached hydrogen (secondary N) is 1. The number of aliphatic hydroxyl groups is 10. The second-order valence-electron chi connectivity index (χ2n) is 9.07. The van der Waals surface area contributed by atoms with Gasteiger partial charge >= 0.3 is 0 Å². The lowest BCUT2D eigenvalue weighted by Gasteiger charge is -2.49. The van der Waals surface area contributed by atoms with E-state index in [9.17, 15) is 55.9 Å². The first-order valence-electron chi connectivity index (χ1n) is 11.6. The molecule has 0 aromatic rings.